The van der Waals surface area contributed by atoms with Crippen LogP contribution in [0, 0.1) is 0 Å². The highest BCUT2D eigenvalue weighted by molar-refractivity contribution is 6.43. The van der Waals surface area contributed by atoms with Crippen LogP contribution in [0.25, 0.3) is 43.8 Å². The van der Waals surface area contributed by atoms with Gasteiger partial charge in [-0.25, -0.2) is 0 Å². The van der Waals surface area contributed by atoms with Crippen LogP contribution in [-0.2, 0) is 0 Å². The van der Waals surface area contributed by atoms with E-state index in [1.165, 1.54) is 5.39 Å². The molecule has 0 unspecified atom stereocenters. The summed E-state index contributed by atoms with van der Waals surface area (Å²) < 4.78 is 6.29. The quantitative estimate of drug-likeness (QED) is 0.239. The molecule has 0 aliphatic carbocycles. The maximum absolute atomic E-state index is 6.38. The van der Waals surface area contributed by atoms with Gasteiger partial charge in [0.1, 0.15) is 19.0 Å². The second kappa shape index (κ2) is 8.72. The lowest BCUT2D eigenvalue weighted by Gasteiger charge is -2.25. The van der Waals surface area contributed by atoms with Crippen LogP contribution in [0.5, 0.6) is 0 Å². The number of hydrogen-bond donors (Lipinski definition) is 0. The number of hydrogen-bond acceptors (Lipinski definition) is 2. The summed E-state index contributed by atoms with van der Waals surface area (Å²) in [6, 6.07) is 46.2. The standard InChI is InChI=1S/C34H22BNO/c35-30-16-9-17-31-34(30)33-28-15-8-7-14-27(28)29(22-32(33)37-31)23-18-20-26(21-19-23)36(24-10-3-1-4-11-24)25-12-5-2-6-13-25/h1-22H. The van der Waals surface area contributed by atoms with Crippen molar-refractivity contribution >= 4 is 63.1 Å². The Hall–Kier alpha value is -4.76. The summed E-state index contributed by atoms with van der Waals surface area (Å²) in [7, 11) is 6.38. The third kappa shape index (κ3) is 3.59. The SMILES string of the molecule is [B]c1cccc2oc3cc(-c4ccc(N(c5ccccc5)c5ccccc5)cc4)c4ccccc4c3c12. The normalized spacial score (nSPS) is 11.4. The molecule has 0 aliphatic heterocycles. The summed E-state index contributed by atoms with van der Waals surface area (Å²) in [4.78, 5) is 2.27. The van der Waals surface area contributed by atoms with Crippen LogP contribution in [0.3, 0.4) is 0 Å². The molecule has 1 heterocycles. The van der Waals surface area contributed by atoms with Crippen molar-refractivity contribution in [2.45, 2.75) is 0 Å². The maximum Gasteiger partial charge on any atom is 0.136 e. The molecular weight excluding hydrogens is 449 g/mol. The lowest BCUT2D eigenvalue weighted by Crippen LogP contribution is -2.09. The summed E-state index contributed by atoms with van der Waals surface area (Å²) >= 11 is 0. The number of benzene rings is 6. The molecule has 0 N–H and O–H groups in total. The molecule has 0 amide bonds. The van der Waals surface area contributed by atoms with Crippen LogP contribution >= 0.6 is 0 Å². The summed E-state index contributed by atoms with van der Waals surface area (Å²) in [5, 5.41) is 4.38. The second-order valence-corrected chi connectivity index (χ2v) is 9.22. The van der Waals surface area contributed by atoms with Crippen molar-refractivity contribution in [3.63, 3.8) is 0 Å². The molecule has 0 saturated carbocycles. The van der Waals surface area contributed by atoms with Gasteiger partial charge in [0, 0.05) is 27.8 Å². The molecule has 0 spiro atoms. The van der Waals surface area contributed by atoms with E-state index >= 15 is 0 Å². The Morgan fingerprint density at radius 2 is 1.08 bits per heavy atom. The summed E-state index contributed by atoms with van der Waals surface area (Å²) in [5.74, 6) is 0. The van der Waals surface area contributed by atoms with Gasteiger partial charge in [-0.3, -0.25) is 0 Å². The number of nitrogens with zero attached hydrogens (tertiary/aromatic N) is 1. The molecule has 2 nitrogen and oxygen atoms in total. The highest BCUT2D eigenvalue weighted by Gasteiger charge is 2.17. The first-order valence-corrected chi connectivity index (χ1v) is 12.4. The predicted octanol–water partition coefficient (Wildman–Crippen LogP) is 8.67. The molecule has 7 aromatic rings. The molecule has 2 radical (unpaired) electrons. The highest BCUT2D eigenvalue weighted by atomic mass is 16.3. The van der Waals surface area contributed by atoms with E-state index in [0.29, 0.717) is 0 Å². The summed E-state index contributed by atoms with van der Waals surface area (Å²) in [6.45, 7) is 0. The van der Waals surface area contributed by atoms with Crippen LogP contribution in [0.15, 0.2) is 138 Å². The van der Waals surface area contributed by atoms with Gasteiger partial charge in [0.05, 0.1) is 0 Å². The van der Waals surface area contributed by atoms with E-state index in [2.05, 4.69) is 108 Å². The van der Waals surface area contributed by atoms with Gasteiger partial charge in [0.25, 0.3) is 0 Å². The molecule has 7 rings (SSSR count). The van der Waals surface area contributed by atoms with Gasteiger partial charge in [-0.2, -0.15) is 0 Å². The van der Waals surface area contributed by atoms with Crippen molar-refractivity contribution < 1.29 is 4.42 Å². The minimum Gasteiger partial charge on any atom is -0.456 e. The van der Waals surface area contributed by atoms with Crippen molar-refractivity contribution in [1.82, 2.24) is 0 Å². The largest absolute Gasteiger partial charge is 0.456 e. The van der Waals surface area contributed by atoms with Crippen LogP contribution in [0.1, 0.15) is 0 Å². The lowest BCUT2D eigenvalue weighted by molar-refractivity contribution is 0.669. The third-order valence-electron chi connectivity index (χ3n) is 7.00. The molecule has 0 aliphatic rings. The Morgan fingerprint density at radius 1 is 0.486 bits per heavy atom. The van der Waals surface area contributed by atoms with E-state index in [1.807, 2.05) is 30.3 Å². The van der Waals surface area contributed by atoms with Gasteiger partial charge < -0.3 is 9.32 Å². The zero-order valence-corrected chi connectivity index (χ0v) is 20.1. The average Bonchev–Trinajstić information content (AvgIpc) is 3.34. The first-order valence-electron chi connectivity index (χ1n) is 12.4. The third-order valence-corrected chi connectivity index (χ3v) is 7.00. The van der Waals surface area contributed by atoms with Crippen molar-refractivity contribution in [3.05, 3.63) is 133 Å². The Kier molecular flexibility index (Phi) is 5.07. The van der Waals surface area contributed by atoms with Gasteiger partial charge in [0.2, 0.25) is 0 Å². The van der Waals surface area contributed by atoms with Crippen LogP contribution in [0.2, 0.25) is 0 Å². The van der Waals surface area contributed by atoms with Crippen molar-refractivity contribution in [2.24, 2.45) is 0 Å². The Bertz CT molecular complexity index is 1830. The topological polar surface area (TPSA) is 16.4 Å². The van der Waals surface area contributed by atoms with E-state index in [-0.39, 0.29) is 0 Å². The fraction of sp³-hybridized carbons (Fsp3) is 0. The van der Waals surface area contributed by atoms with Gasteiger partial charge in [-0.15, -0.1) is 0 Å². The maximum atomic E-state index is 6.38. The first kappa shape index (κ1) is 21.5. The molecule has 0 atom stereocenters. The molecule has 172 valence electrons. The van der Waals surface area contributed by atoms with Crippen molar-refractivity contribution in [2.75, 3.05) is 4.90 Å². The van der Waals surface area contributed by atoms with E-state index < -0.39 is 0 Å². The van der Waals surface area contributed by atoms with Crippen molar-refractivity contribution in [1.29, 1.82) is 0 Å². The van der Waals surface area contributed by atoms with Crippen molar-refractivity contribution in [3.8, 4) is 11.1 Å². The monoisotopic (exact) mass is 471 g/mol. The lowest BCUT2D eigenvalue weighted by atomic mass is 9.88. The Labute approximate surface area is 216 Å². The Morgan fingerprint density at radius 3 is 1.76 bits per heavy atom. The second-order valence-electron chi connectivity index (χ2n) is 9.22. The number of rotatable bonds is 4. The fourth-order valence-corrected chi connectivity index (χ4v) is 5.34. The Balaban J connectivity index is 1.40. The molecule has 6 aromatic carbocycles. The molecule has 0 bridgehead atoms. The minimum absolute atomic E-state index is 0.737. The smallest absolute Gasteiger partial charge is 0.136 e. The van der Waals surface area contributed by atoms with Gasteiger partial charge in [-0.1, -0.05) is 90.4 Å². The van der Waals surface area contributed by atoms with E-state index in [9.17, 15) is 0 Å². The number of furan rings is 1. The zero-order valence-electron chi connectivity index (χ0n) is 20.1. The van der Waals surface area contributed by atoms with Crippen LogP contribution in [-0.4, -0.2) is 7.85 Å². The number of anilines is 3. The molecule has 3 heteroatoms. The predicted molar refractivity (Wildman–Crippen MR) is 157 cm³/mol. The molecule has 0 fully saturated rings. The molecular formula is C34H22BNO. The van der Waals surface area contributed by atoms with E-state index in [0.717, 1.165) is 61.0 Å². The molecule has 37 heavy (non-hydrogen) atoms. The van der Waals surface area contributed by atoms with Gasteiger partial charge >= 0.3 is 0 Å². The fourth-order valence-electron chi connectivity index (χ4n) is 5.34. The van der Waals surface area contributed by atoms with E-state index in [4.69, 9.17) is 12.3 Å². The summed E-state index contributed by atoms with van der Waals surface area (Å²) in [6.07, 6.45) is 0. The molecule has 1 aromatic heterocycles. The summed E-state index contributed by atoms with van der Waals surface area (Å²) in [5.41, 5.74) is 8.01. The molecule has 0 saturated heterocycles. The van der Waals surface area contributed by atoms with Crippen LogP contribution in [0.4, 0.5) is 17.1 Å². The first-order chi connectivity index (χ1) is 18.3. The number of para-hydroxylation sites is 2. The zero-order chi connectivity index (χ0) is 24.8. The highest BCUT2D eigenvalue weighted by Crippen LogP contribution is 2.40. The van der Waals surface area contributed by atoms with E-state index in [1.54, 1.807) is 0 Å². The van der Waals surface area contributed by atoms with Crippen LogP contribution < -0.4 is 10.4 Å². The average molecular weight is 471 g/mol. The minimum atomic E-state index is 0.737. The van der Waals surface area contributed by atoms with Gasteiger partial charge in [-0.05, 0) is 70.4 Å². The number of fused-ring (bicyclic) bond motifs is 5. The van der Waals surface area contributed by atoms with Gasteiger partial charge in [0.15, 0.2) is 0 Å².